The lowest BCUT2D eigenvalue weighted by Crippen LogP contribution is -2.18. The summed E-state index contributed by atoms with van der Waals surface area (Å²) in [5, 5.41) is 9.13. The lowest BCUT2D eigenvalue weighted by atomic mass is 9.92. The van der Waals surface area contributed by atoms with Crippen molar-refractivity contribution in [1.82, 2.24) is 4.90 Å². The average molecular weight is 351 g/mol. The fraction of sp³-hybridized carbons (Fsp3) is 0.318. The first-order valence-electron chi connectivity index (χ1n) is 9.03. The Balaban J connectivity index is 2.04. The van der Waals surface area contributed by atoms with E-state index in [1.54, 1.807) is 0 Å². The zero-order valence-corrected chi connectivity index (χ0v) is 15.4. The number of hydrogen-bond acceptors (Lipinski definition) is 3. The van der Waals surface area contributed by atoms with Gasteiger partial charge in [-0.15, -0.1) is 0 Å². The van der Waals surface area contributed by atoms with Gasteiger partial charge in [0.25, 0.3) is 0 Å². The minimum atomic E-state index is -0.824. The van der Waals surface area contributed by atoms with Crippen LogP contribution < -0.4 is 4.74 Å². The van der Waals surface area contributed by atoms with Gasteiger partial charge < -0.3 is 14.7 Å². The third-order valence-electron chi connectivity index (χ3n) is 4.78. The van der Waals surface area contributed by atoms with E-state index < -0.39 is 5.97 Å². The first-order valence-corrected chi connectivity index (χ1v) is 9.03. The molecule has 3 rings (SSSR count). The molecule has 2 aromatic rings. The largest absolute Gasteiger partial charge is 0.488 e. The van der Waals surface area contributed by atoms with E-state index in [2.05, 4.69) is 37.1 Å². The van der Waals surface area contributed by atoms with Gasteiger partial charge in [-0.25, -0.2) is 0 Å². The number of hydrogen-bond donors (Lipinski definition) is 1. The molecule has 0 aromatic heterocycles. The fourth-order valence-corrected chi connectivity index (χ4v) is 3.21. The van der Waals surface area contributed by atoms with E-state index in [0.717, 1.165) is 53.1 Å². The van der Waals surface area contributed by atoms with Crippen LogP contribution in [0.15, 0.2) is 48.5 Å². The van der Waals surface area contributed by atoms with Crippen LogP contribution in [0.3, 0.4) is 0 Å². The molecule has 1 aliphatic heterocycles. The molecule has 4 nitrogen and oxygen atoms in total. The number of aliphatic carboxylic acids is 1. The lowest BCUT2D eigenvalue weighted by molar-refractivity contribution is -0.136. The van der Waals surface area contributed by atoms with Gasteiger partial charge in [-0.1, -0.05) is 43.3 Å². The highest BCUT2D eigenvalue weighted by Crippen LogP contribution is 2.37. The van der Waals surface area contributed by atoms with Crippen LogP contribution >= 0.6 is 0 Å². The number of rotatable bonds is 6. The number of ether oxygens (including phenoxy) is 1. The van der Waals surface area contributed by atoms with Gasteiger partial charge in [0, 0.05) is 12.1 Å². The maximum absolute atomic E-state index is 11.1. The summed E-state index contributed by atoms with van der Waals surface area (Å²) in [5.74, 6) is -0.0135. The van der Waals surface area contributed by atoms with E-state index in [0.29, 0.717) is 6.61 Å². The van der Waals surface area contributed by atoms with Crippen molar-refractivity contribution >= 4 is 11.5 Å². The van der Waals surface area contributed by atoms with Crippen LogP contribution in [0.4, 0.5) is 0 Å². The first-order chi connectivity index (χ1) is 12.6. The van der Waals surface area contributed by atoms with Gasteiger partial charge in [0.15, 0.2) is 0 Å². The maximum Gasteiger partial charge on any atom is 0.307 e. The Morgan fingerprint density at radius 1 is 1.23 bits per heavy atom. The predicted octanol–water partition coefficient (Wildman–Crippen LogP) is 3.98. The molecule has 0 bridgehead atoms. The summed E-state index contributed by atoms with van der Waals surface area (Å²) in [6.07, 6.45) is 3.19. The van der Waals surface area contributed by atoms with Gasteiger partial charge in [-0.2, -0.15) is 0 Å². The van der Waals surface area contributed by atoms with Crippen LogP contribution in [0.5, 0.6) is 5.75 Å². The fourth-order valence-electron chi connectivity index (χ4n) is 3.21. The second-order valence-electron chi connectivity index (χ2n) is 6.65. The standard InChI is InChI=1S/C22H25NO3/c1-3-23(2)12-6-9-19-18-8-5-4-7-17(18)15-26-21-11-10-16(13-20(19)21)14-22(24)25/h4-5,7-11,13H,3,6,12,14-15H2,1-2H3,(H,24,25)/b19-9-. The first kappa shape index (κ1) is 18.2. The molecular formula is C22H25NO3. The minimum Gasteiger partial charge on any atom is -0.488 e. The molecule has 0 atom stereocenters. The molecule has 26 heavy (non-hydrogen) atoms. The van der Waals surface area contributed by atoms with E-state index in [1.165, 1.54) is 0 Å². The highest BCUT2D eigenvalue weighted by Gasteiger charge is 2.19. The quantitative estimate of drug-likeness (QED) is 0.855. The zero-order chi connectivity index (χ0) is 18.5. The van der Waals surface area contributed by atoms with Gasteiger partial charge in [-0.3, -0.25) is 4.79 Å². The molecule has 0 radical (unpaired) electrons. The molecule has 0 unspecified atom stereocenters. The number of fused-ring (bicyclic) bond motifs is 2. The van der Waals surface area contributed by atoms with Gasteiger partial charge >= 0.3 is 5.97 Å². The molecule has 0 fully saturated rings. The van der Waals surface area contributed by atoms with Crippen molar-refractivity contribution in [1.29, 1.82) is 0 Å². The van der Waals surface area contributed by atoms with Crippen molar-refractivity contribution in [2.75, 3.05) is 20.1 Å². The molecule has 0 saturated carbocycles. The van der Waals surface area contributed by atoms with Crippen LogP contribution in [0.2, 0.25) is 0 Å². The topological polar surface area (TPSA) is 49.8 Å². The zero-order valence-electron chi connectivity index (χ0n) is 15.4. The summed E-state index contributed by atoms with van der Waals surface area (Å²) >= 11 is 0. The van der Waals surface area contributed by atoms with Crippen LogP contribution in [0, 0.1) is 0 Å². The summed E-state index contributed by atoms with van der Waals surface area (Å²) < 4.78 is 6.02. The molecule has 136 valence electrons. The SMILES string of the molecule is CCN(C)CC/C=C1/c2ccccc2COc2ccc(CC(=O)O)cc21. The summed E-state index contributed by atoms with van der Waals surface area (Å²) in [6, 6.07) is 14.0. The maximum atomic E-state index is 11.1. The molecule has 2 aromatic carbocycles. The third-order valence-corrected chi connectivity index (χ3v) is 4.78. The minimum absolute atomic E-state index is 0.0147. The number of benzene rings is 2. The lowest BCUT2D eigenvalue weighted by Gasteiger charge is -2.14. The molecule has 1 aliphatic rings. The van der Waals surface area contributed by atoms with E-state index in [1.807, 2.05) is 30.3 Å². The van der Waals surface area contributed by atoms with Gasteiger partial charge in [0.05, 0.1) is 6.42 Å². The Kier molecular flexibility index (Phi) is 5.74. The number of carboxylic acids is 1. The molecule has 0 amide bonds. The smallest absolute Gasteiger partial charge is 0.307 e. The Morgan fingerprint density at radius 2 is 2.04 bits per heavy atom. The van der Waals surface area contributed by atoms with E-state index in [4.69, 9.17) is 9.84 Å². The van der Waals surface area contributed by atoms with Crippen molar-refractivity contribution in [3.8, 4) is 5.75 Å². The number of nitrogens with zero attached hydrogens (tertiary/aromatic N) is 1. The molecule has 1 heterocycles. The van der Waals surface area contributed by atoms with Crippen LogP contribution in [-0.4, -0.2) is 36.1 Å². The molecule has 0 spiro atoms. The monoisotopic (exact) mass is 351 g/mol. The Bertz CT molecular complexity index is 826. The second-order valence-corrected chi connectivity index (χ2v) is 6.65. The Labute approximate surface area is 154 Å². The second kappa shape index (κ2) is 8.19. The molecule has 4 heteroatoms. The van der Waals surface area contributed by atoms with Crippen LogP contribution in [0.1, 0.15) is 35.6 Å². The van der Waals surface area contributed by atoms with E-state index >= 15 is 0 Å². The summed E-state index contributed by atoms with van der Waals surface area (Å²) in [6.45, 7) is 4.67. The van der Waals surface area contributed by atoms with Crippen molar-refractivity contribution in [3.63, 3.8) is 0 Å². The van der Waals surface area contributed by atoms with E-state index in [9.17, 15) is 4.79 Å². The van der Waals surface area contributed by atoms with E-state index in [-0.39, 0.29) is 6.42 Å². The highest BCUT2D eigenvalue weighted by atomic mass is 16.5. The van der Waals surface area contributed by atoms with Crippen molar-refractivity contribution in [3.05, 3.63) is 70.8 Å². The predicted molar refractivity (Wildman–Crippen MR) is 103 cm³/mol. The molecule has 1 N–H and O–H groups in total. The average Bonchev–Trinajstić information content (AvgIpc) is 2.78. The third kappa shape index (κ3) is 4.14. The van der Waals surface area contributed by atoms with Crippen molar-refractivity contribution in [2.45, 2.75) is 26.4 Å². The summed E-state index contributed by atoms with van der Waals surface area (Å²) in [4.78, 5) is 13.4. The molecular weight excluding hydrogens is 326 g/mol. The van der Waals surface area contributed by atoms with Gasteiger partial charge in [-0.05, 0) is 54.4 Å². The summed E-state index contributed by atoms with van der Waals surface area (Å²) in [7, 11) is 2.11. The number of carbonyl (C=O) groups is 1. The van der Waals surface area contributed by atoms with Crippen molar-refractivity contribution in [2.24, 2.45) is 0 Å². The van der Waals surface area contributed by atoms with Gasteiger partial charge in [0.1, 0.15) is 12.4 Å². The van der Waals surface area contributed by atoms with Crippen LogP contribution in [-0.2, 0) is 17.8 Å². The number of carboxylic acid groups (broad SMARTS) is 1. The van der Waals surface area contributed by atoms with Crippen molar-refractivity contribution < 1.29 is 14.6 Å². The summed E-state index contributed by atoms with van der Waals surface area (Å²) in [5.41, 5.74) is 5.21. The van der Waals surface area contributed by atoms with Gasteiger partial charge in [0.2, 0.25) is 0 Å². The molecule has 0 aliphatic carbocycles. The normalized spacial score (nSPS) is 14.5. The molecule has 0 saturated heterocycles. The highest BCUT2D eigenvalue weighted by molar-refractivity contribution is 5.85. The Hall–Kier alpha value is -2.59. The Morgan fingerprint density at radius 3 is 2.81 bits per heavy atom. The van der Waals surface area contributed by atoms with Crippen LogP contribution in [0.25, 0.3) is 5.57 Å².